The van der Waals surface area contributed by atoms with Crippen LogP contribution in [0, 0.1) is 5.82 Å². The largest absolute Gasteiger partial charge is 0.339 e. The zero-order valence-corrected chi connectivity index (χ0v) is 13.0. The Balaban J connectivity index is 1.54. The molecule has 1 aliphatic rings. The third-order valence-electron chi connectivity index (χ3n) is 4.25. The highest BCUT2D eigenvalue weighted by molar-refractivity contribution is 6.31. The molecule has 2 aromatic heterocycles. The molecule has 0 aliphatic heterocycles. The van der Waals surface area contributed by atoms with Crippen LogP contribution < -0.4 is 0 Å². The van der Waals surface area contributed by atoms with Crippen molar-refractivity contribution in [3.63, 3.8) is 0 Å². The first kappa shape index (κ1) is 14.4. The third-order valence-corrected chi connectivity index (χ3v) is 4.60. The van der Waals surface area contributed by atoms with E-state index in [2.05, 4.69) is 20.3 Å². The van der Waals surface area contributed by atoms with Crippen molar-refractivity contribution in [3.05, 3.63) is 63.8 Å². The Bertz CT molecular complexity index is 824. The predicted molar refractivity (Wildman–Crippen MR) is 81.9 cm³/mol. The Morgan fingerprint density at radius 3 is 3.17 bits per heavy atom. The standard InChI is InChI=1S/C16H14ClFN4O/c17-12-2-1-3-13(18)11(12)7-15-20-16(23-22-15)9-4-5-10-8-19-21-14(10)6-9/h1-3,8-9H,4-7H2,(H,19,21). The van der Waals surface area contributed by atoms with Crippen LogP contribution in [0.5, 0.6) is 0 Å². The molecule has 0 bridgehead atoms. The number of benzene rings is 1. The zero-order chi connectivity index (χ0) is 15.8. The summed E-state index contributed by atoms with van der Waals surface area (Å²) in [4.78, 5) is 4.43. The van der Waals surface area contributed by atoms with Crippen molar-refractivity contribution >= 4 is 11.6 Å². The number of fused-ring (bicyclic) bond motifs is 1. The van der Waals surface area contributed by atoms with Crippen LogP contribution in [0.3, 0.4) is 0 Å². The van der Waals surface area contributed by atoms with Gasteiger partial charge in [0.1, 0.15) is 5.82 Å². The van der Waals surface area contributed by atoms with Crippen molar-refractivity contribution in [1.29, 1.82) is 0 Å². The Morgan fingerprint density at radius 2 is 2.30 bits per heavy atom. The highest BCUT2D eigenvalue weighted by atomic mass is 35.5. The molecule has 5 nitrogen and oxygen atoms in total. The Morgan fingerprint density at radius 1 is 1.39 bits per heavy atom. The maximum Gasteiger partial charge on any atom is 0.230 e. The first-order valence-electron chi connectivity index (χ1n) is 7.47. The topological polar surface area (TPSA) is 67.6 Å². The average Bonchev–Trinajstić information content (AvgIpc) is 3.19. The van der Waals surface area contributed by atoms with Crippen LogP contribution in [0.4, 0.5) is 4.39 Å². The molecule has 3 aromatic rings. The van der Waals surface area contributed by atoms with Gasteiger partial charge in [-0.25, -0.2) is 4.39 Å². The van der Waals surface area contributed by atoms with E-state index in [1.165, 1.54) is 11.6 Å². The van der Waals surface area contributed by atoms with Gasteiger partial charge in [0.05, 0.1) is 6.20 Å². The van der Waals surface area contributed by atoms with Crippen LogP contribution in [-0.2, 0) is 19.3 Å². The number of aromatic amines is 1. The molecule has 0 spiro atoms. The first-order chi connectivity index (χ1) is 11.2. The van der Waals surface area contributed by atoms with Gasteiger partial charge in [0, 0.05) is 35.0 Å². The molecule has 0 saturated heterocycles. The fourth-order valence-electron chi connectivity index (χ4n) is 2.98. The Kier molecular flexibility index (Phi) is 3.61. The number of nitrogens with one attached hydrogen (secondary N) is 1. The van der Waals surface area contributed by atoms with Crippen LogP contribution in [0.15, 0.2) is 28.9 Å². The number of H-pyrrole nitrogens is 1. The fourth-order valence-corrected chi connectivity index (χ4v) is 3.21. The minimum Gasteiger partial charge on any atom is -0.339 e. The van der Waals surface area contributed by atoms with Crippen molar-refractivity contribution in [2.45, 2.75) is 31.6 Å². The molecule has 23 heavy (non-hydrogen) atoms. The van der Waals surface area contributed by atoms with Crippen molar-refractivity contribution < 1.29 is 8.91 Å². The number of aryl methyl sites for hydroxylation is 1. The molecule has 2 heterocycles. The smallest absolute Gasteiger partial charge is 0.230 e. The summed E-state index contributed by atoms with van der Waals surface area (Å²) < 4.78 is 19.2. The lowest BCUT2D eigenvalue weighted by atomic mass is 9.88. The highest BCUT2D eigenvalue weighted by Crippen LogP contribution is 2.31. The fraction of sp³-hybridized carbons (Fsp3) is 0.312. The molecular formula is C16H14ClFN4O. The number of hydrogen-bond acceptors (Lipinski definition) is 4. The minimum atomic E-state index is -0.358. The SMILES string of the molecule is Fc1cccc(Cl)c1Cc1noc(C2CCc3cn[nH]c3C2)n1. The van der Waals surface area contributed by atoms with Gasteiger partial charge in [-0.2, -0.15) is 10.1 Å². The summed E-state index contributed by atoms with van der Waals surface area (Å²) in [6.45, 7) is 0. The van der Waals surface area contributed by atoms with Crippen LogP contribution in [0.1, 0.15) is 40.9 Å². The van der Waals surface area contributed by atoms with Gasteiger partial charge >= 0.3 is 0 Å². The highest BCUT2D eigenvalue weighted by Gasteiger charge is 2.26. The van der Waals surface area contributed by atoms with Gasteiger partial charge in [-0.3, -0.25) is 5.10 Å². The van der Waals surface area contributed by atoms with E-state index in [1.807, 2.05) is 6.20 Å². The van der Waals surface area contributed by atoms with Crippen molar-refractivity contribution in [2.24, 2.45) is 0 Å². The number of rotatable bonds is 3. The van der Waals surface area contributed by atoms with Crippen LogP contribution >= 0.6 is 11.6 Å². The summed E-state index contributed by atoms with van der Waals surface area (Å²) in [5, 5.41) is 11.4. The molecule has 0 radical (unpaired) electrons. The second kappa shape index (κ2) is 5.77. The Hall–Kier alpha value is -2.21. The second-order valence-corrected chi connectivity index (χ2v) is 6.15. The van der Waals surface area contributed by atoms with E-state index in [1.54, 1.807) is 12.1 Å². The van der Waals surface area contributed by atoms with E-state index < -0.39 is 0 Å². The summed E-state index contributed by atoms with van der Waals surface area (Å²) in [7, 11) is 0. The van der Waals surface area contributed by atoms with Gasteiger partial charge in [-0.1, -0.05) is 22.8 Å². The van der Waals surface area contributed by atoms with E-state index in [0.29, 0.717) is 22.3 Å². The van der Waals surface area contributed by atoms with Gasteiger partial charge in [-0.15, -0.1) is 0 Å². The van der Waals surface area contributed by atoms with E-state index in [4.69, 9.17) is 16.1 Å². The molecule has 1 aromatic carbocycles. The maximum atomic E-state index is 13.8. The zero-order valence-electron chi connectivity index (χ0n) is 12.2. The van der Waals surface area contributed by atoms with Crippen molar-refractivity contribution in [3.8, 4) is 0 Å². The van der Waals surface area contributed by atoms with Gasteiger partial charge in [-0.05, 0) is 30.5 Å². The third kappa shape index (κ3) is 2.74. The lowest BCUT2D eigenvalue weighted by Crippen LogP contribution is -2.12. The van der Waals surface area contributed by atoms with E-state index in [-0.39, 0.29) is 18.2 Å². The van der Waals surface area contributed by atoms with Gasteiger partial charge in [0.15, 0.2) is 5.82 Å². The summed E-state index contributed by atoms with van der Waals surface area (Å²) in [5.41, 5.74) is 2.76. The molecule has 7 heteroatoms. The molecular weight excluding hydrogens is 319 g/mol. The summed E-state index contributed by atoms with van der Waals surface area (Å²) in [6.07, 6.45) is 4.77. The van der Waals surface area contributed by atoms with Crippen LogP contribution in [-0.4, -0.2) is 20.3 Å². The summed E-state index contributed by atoms with van der Waals surface area (Å²) in [5.74, 6) is 0.846. The Labute approximate surface area is 136 Å². The quantitative estimate of drug-likeness (QED) is 0.797. The number of aromatic nitrogens is 4. The maximum absolute atomic E-state index is 13.8. The molecule has 0 fully saturated rings. The molecule has 118 valence electrons. The van der Waals surface area contributed by atoms with E-state index in [9.17, 15) is 4.39 Å². The van der Waals surface area contributed by atoms with Crippen molar-refractivity contribution in [1.82, 2.24) is 20.3 Å². The molecule has 1 N–H and O–H groups in total. The van der Waals surface area contributed by atoms with Crippen LogP contribution in [0.25, 0.3) is 0 Å². The molecule has 0 saturated carbocycles. The van der Waals surface area contributed by atoms with Crippen molar-refractivity contribution in [2.75, 3.05) is 0 Å². The lowest BCUT2D eigenvalue weighted by Gasteiger charge is -2.17. The van der Waals surface area contributed by atoms with Crippen LogP contribution in [0.2, 0.25) is 5.02 Å². The van der Waals surface area contributed by atoms with E-state index >= 15 is 0 Å². The monoisotopic (exact) mass is 332 g/mol. The molecule has 0 amide bonds. The van der Waals surface area contributed by atoms with Gasteiger partial charge in [0.2, 0.25) is 5.89 Å². The average molecular weight is 333 g/mol. The van der Waals surface area contributed by atoms with Gasteiger partial charge < -0.3 is 4.52 Å². The summed E-state index contributed by atoms with van der Waals surface area (Å²) >= 11 is 6.04. The number of hydrogen-bond donors (Lipinski definition) is 1. The number of halogens is 2. The number of nitrogens with zero attached hydrogens (tertiary/aromatic N) is 3. The predicted octanol–water partition coefficient (Wildman–Crippen LogP) is 3.45. The molecule has 1 unspecified atom stereocenters. The van der Waals surface area contributed by atoms with E-state index in [0.717, 1.165) is 25.0 Å². The minimum absolute atomic E-state index is 0.167. The first-order valence-corrected chi connectivity index (χ1v) is 7.85. The van der Waals surface area contributed by atoms with Gasteiger partial charge in [0.25, 0.3) is 0 Å². The second-order valence-electron chi connectivity index (χ2n) is 5.74. The molecule has 1 aliphatic carbocycles. The lowest BCUT2D eigenvalue weighted by molar-refractivity contribution is 0.337. The summed E-state index contributed by atoms with van der Waals surface area (Å²) in [6, 6.07) is 4.61. The molecule has 4 rings (SSSR count). The molecule has 1 atom stereocenters. The normalized spacial score (nSPS) is 17.2.